The van der Waals surface area contributed by atoms with Crippen LogP contribution in [0.2, 0.25) is 6.04 Å². The Kier molecular flexibility index (Phi) is 18.1. The lowest BCUT2D eigenvalue weighted by Gasteiger charge is -2.06. The second kappa shape index (κ2) is 12.3. The first kappa shape index (κ1) is 20.6. The first-order valence-electron chi connectivity index (χ1n) is 4.63. The Balaban J connectivity index is -0.000000605. The fourth-order valence-corrected chi connectivity index (χ4v) is 2.96. The molecule has 0 N–H and O–H groups in total. The van der Waals surface area contributed by atoms with E-state index in [2.05, 4.69) is 6.92 Å². The van der Waals surface area contributed by atoms with Crippen molar-refractivity contribution in [3.63, 3.8) is 0 Å². The summed E-state index contributed by atoms with van der Waals surface area (Å²) in [5.74, 6) is 0. The largest absolute Gasteiger partial charge is 0.341 e. The molecule has 0 aliphatic rings. The third-order valence-electron chi connectivity index (χ3n) is 1.81. The molecule has 0 bridgehead atoms. The van der Waals surface area contributed by atoms with E-state index in [1.165, 1.54) is 32.1 Å². The zero-order valence-electron chi connectivity index (χ0n) is 7.99. The Hall–Kier alpha value is 1.23. The van der Waals surface area contributed by atoms with Crippen molar-refractivity contribution in [1.82, 2.24) is 0 Å². The smallest absolute Gasteiger partial charge is 0.269 e. The van der Waals surface area contributed by atoms with Gasteiger partial charge in [0, 0.05) is 0 Å². The molecular weight excluding hydrogens is 278 g/mol. The van der Waals surface area contributed by atoms with Crippen LogP contribution in [0.3, 0.4) is 0 Å². The van der Waals surface area contributed by atoms with Gasteiger partial charge in [0.2, 0.25) is 0 Å². The van der Waals surface area contributed by atoms with Crippen LogP contribution in [0.4, 0.5) is 4.70 Å². The zero-order chi connectivity index (χ0) is 9.45. The van der Waals surface area contributed by atoms with E-state index in [4.69, 9.17) is 33.2 Å². The van der Waals surface area contributed by atoms with Crippen LogP contribution in [-0.4, -0.2) is 17.0 Å². The predicted octanol–water partition coefficient (Wildman–Crippen LogP) is 3.70. The van der Waals surface area contributed by atoms with Gasteiger partial charge in [0.15, 0.2) is 0 Å². The topological polar surface area (TPSA) is 0 Å². The van der Waals surface area contributed by atoms with Crippen LogP contribution in [0.1, 0.15) is 45.4 Å². The highest BCUT2D eigenvalue weighted by molar-refractivity contribution is 7.64. The van der Waals surface area contributed by atoms with E-state index >= 15 is 0 Å². The summed E-state index contributed by atoms with van der Waals surface area (Å²) in [5, 5.41) is 0. The second-order valence-electron chi connectivity index (χ2n) is 3.13. The minimum absolute atomic E-state index is 0. The lowest BCUT2D eigenvalue weighted by molar-refractivity contribution is 0.624. The van der Waals surface area contributed by atoms with Gasteiger partial charge in [0.1, 0.15) is 0 Å². The molecule has 0 rings (SSSR count). The Morgan fingerprint density at radius 3 is 1.71 bits per heavy atom. The predicted molar refractivity (Wildman–Crippen MR) is 75.3 cm³/mol. The standard InChI is InChI=1S/C8H17Cl3Si.FH.H4Si/c1-2-3-4-5-6-7-8-12(9,10)11;;/h2-8H2,1H3;1H;1H4. The number of halogens is 4. The molecule has 0 atom stereocenters. The van der Waals surface area contributed by atoms with Crippen molar-refractivity contribution < 1.29 is 4.70 Å². The fraction of sp³-hybridized carbons (Fsp3) is 1.00. The van der Waals surface area contributed by atoms with Crippen LogP contribution in [0.15, 0.2) is 0 Å². The molecule has 90 valence electrons. The monoisotopic (exact) mass is 298 g/mol. The molecule has 0 aromatic rings. The summed E-state index contributed by atoms with van der Waals surface area (Å²) in [6.07, 6.45) is 7.57. The zero-order valence-corrected chi connectivity index (χ0v) is 11.3. The summed E-state index contributed by atoms with van der Waals surface area (Å²) in [6, 6.07) is -1.49. The van der Waals surface area contributed by atoms with Crippen molar-refractivity contribution in [3.8, 4) is 0 Å². The number of unbranched alkanes of at least 4 members (excludes halogenated alkanes) is 5. The third kappa shape index (κ3) is 18.9. The molecule has 0 saturated heterocycles. The van der Waals surface area contributed by atoms with Gasteiger partial charge in [-0.25, -0.2) is 0 Å². The number of hydrogen-bond donors (Lipinski definition) is 0. The normalized spacial score (nSPS) is 10.3. The molecule has 0 heterocycles. The van der Waals surface area contributed by atoms with E-state index in [1.54, 1.807) is 0 Å². The fourth-order valence-electron chi connectivity index (χ4n) is 1.11. The van der Waals surface area contributed by atoms with Crippen LogP contribution in [-0.2, 0) is 0 Å². The molecular formula is C8H22Cl3FSi2. The molecule has 0 saturated carbocycles. The van der Waals surface area contributed by atoms with E-state index in [0.717, 1.165) is 12.5 Å². The summed E-state index contributed by atoms with van der Waals surface area (Å²) in [4.78, 5) is 0. The summed E-state index contributed by atoms with van der Waals surface area (Å²) in [6.45, 7) is 2.22. The molecule has 6 heteroatoms. The van der Waals surface area contributed by atoms with Gasteiger partial charge in [-0.1, -0.05) is 45.4 Å². The van der Waals surface area contributed by atoms with Crippen molar-refractivity contribution in [1.29, 1.82) is 0 Å². The summed E-state index contributed by atoms with van der Waals surface area (Å²) in [5.41, 5.74) is 0. The molecule has 0 fully saturated rings. The van der Waals surface area contributed by atoms with Crippen molar-refractivity contribution in [2.45, 2.75) is 51.5 Å². The highest BCUT2D eigenvalue weighted by Crippen LogP contribution is 2.27. The minimum Gasteiger partial charge on any atom is -0.269 e. The molecule has 0 unspecified atom stereocenters. The van der Waals surface area contributed by atoms with Gasteiger partial charge in [0.25, 0.3) is 0 Å². The number of hydrogen-bond acceptors (Lipinski definition) is 0. The summed E-state index contributed by atoms with van der Waals surface area (Å²) < 4.78 is 0. The lowest BCUT2D eigenvalue weighted by Crippen LogP contribution is -2.07. The van der Waals surface area contributed by atoms with Crippen molar-refractivity contribution >= 4 is 50.2 Å². The third-order valence-corrected chi connectivity index (χ3v) is 4.44. The summed E-state index contributed by atoms with van der Waals surface area (Å²) >= 11 is 17.2. The van der Waals surface area contributed by atoms with Crippen LogP contribution in [0.5, 0.6) is 0 Å². The maximum atomic E-state index is 5.74. The first-order valence-corrected chi connectivity index (χ1v) is 9.87. The Labute approximate surface area is 106 Å². The van der Waals surface area contributed by atoms with Gasteiger partial charge in [-0.3, -0.25) is 4.70 Å². The van der Waals surface area contributed by atoms with Crippen molar-refractivity contribution in [3.05, 3.63) is 0 Å². The van der Waals surface area contributed by atoms with Gasteiger partial charge >= 0.3 is 6.00 Å². The Morgan fingerprint density at radius 2 is 1.29 bits per heavy atom. The molecule has 0 aromatic heterocycles. The molecule has 14 heavy (non-hydrogen) atoms. The van der Waals surface area contributed by atoms with Crippen LogP contribution >= 0.6 is 33.2 Å². The van der Waals surface area contributed by atoms with Crippen LogP contribution < -0.4 is 0 Å². The van der Waals surface area contributed by atoms with Gasteiger partial charge in [-0.05, 0) is 17.0 Å². The highest BCUT2D eigenvalue weighted by Gasteiger charge is 2.23. The summed E-state index contributed by atoms with van der Waals surface area (Å²) in [7, 11) is 0. The van der Waals surface area contributed by atoms with Gasteiger partial charge in [-0.15, -0.1) is 33.2 Å². The van der Waals surface area contributed by atoms with Crippen LogP contribution in [0, 0.1) is 0 Å². The van der Waals surface area contributed by atoms with E-state index in [-0.39, 0.29) is 15.7 Å². The number of rotatable bonds is 7. The maximum absolute atomic E-state index is 5.74. The van der Waals surface area contributed by atoms with E-state index in [1.807, 2.05) is 0 Å². The molecule has 0 aliphatic carbocycles. The average molecular weight is 300 g/mol. The maximum Gasteiger partial charge on any atom is 0.341 e. The van der Waals surface area contributed by atoms with Gasteiger partial charge in [0.05, 0.1) is 0 Å². The van der Waals surface area contributed by atoms with Crippen molar-refractivity contribution in [2.75, 3.05) is 0 Å². The van der Waals surface area contributed by atoms with E-state index in [0.29, 0.717) is 0 Å². The molecule has 0 amide bonds. The second-order valence-corrected chi connectivity index (χ2v) is 12.4. The quantitative estimate of drug-likeness (QED) is 0.382. The molecule has 0 aliphatic heterocycles. The van der Waals surface area contributed by atoms with E-state index in [9.17, 15) is 0 Å². The van der Waals surface area contributed by atoms with Crippen molar-refractivity contribution in [2.24, 2.45) is 0 Å². The van der Waals surface area contributed by atoms with Crippen LogP contribution in [0.25, 0.3) is 0 Å². The minimum atomic E-state index is -2.31. The first-order chi connectivity index (χ1) is 5.56. The average Bonchev–Trinajstić information content (AvgIpc) is 1.94. The lowest BCUT2D eigenvalue weighted by atomic mass is 10.1. The molecule has 0 nitrogen and oxygen atoms in total. The molecule has 0 aromatic carbocycles. The highest BCUT2D eigenvalue weighted by atomic mass is 35.8. The molecule has 0 spiro atoms. The van der Waals surface area contributed by atoms with Gasteiger partial charge in [-0.2, -0.15) is 0 Å². The Morgan fingerprint density at radius 1 is 0.857 bits per heavy atom. The SMILES string of the molecule is CCCCCCCC[Si](Cl)(Cl)Cl.F.[SiH4]. The Bertz CT molecular complexity index is 109. The molecule has 0 radical (unpaired) electrons. The van der Waals surface area contributed by atoms with E-state index < -0.39 is 6.00 Å². The van der Waals surface area contributed by atoms with Gasteiger partial charge < -0.3 is 0 Å².